The molecule has 6 heteroatoms. The molecular formula is C8H6F4OS. The van der Waals surface area contributed by atoms with Crippen molar-refractivity contribution in [1.82, 2.24) is 0 Å². The van der Waals surface area contributed by atoms with Gasteiger partial charge in [0, 0.05) is 18.1 Å². The third-order valence-electron chi connectivity index (χ3n) is 1.31. The van der Waals surface area contributed by atoms with Gasteiger partial charge in [-0.1, -0.05) is 0 Å². The summed E-state index contributed by atoms with van der Waals surface area (Å²) in [6.45, 7) is 0. The second-order valence-corrected chi connectivity index (χ2v) is 3.53. The Hall–Kier alpha value is -0.750. The Balaban J connectivity index is 2.87. The van der Waals surface area contributed by atoms with E-state index in [4.69, 9.17) is 0 Å². The van der Waals surface area contributed by atoms with Crippen LogP contribution < -0.4 is 0 Å². The van der Waals surface area contributed by atoms with E-state index >= 15 is 0 Å². The van der Waals surface area contributed by atoms with E-state index in [9.17, 15) is 17.6 Å². The zero-order valence-corrected chi connectivity index (χ0v) is 7.88. The fourth-order valence-corrected chi connectivity index (χ4v) is 1.47. The molecule has 0 atom stereocenters. The number of rotatable bonds is 3. The van der Waals surface area contributed by atoms with Gasteiger partial charge in [-0.25, -0.2) is 8.78 Å². The second kappa shape index (κ2) is 4.18. The number of ether oxygens (including phenoxy) is 1. The highest BCUT2D eigenvalue weighted by atomic mass is 32.2. The monoisotopic (exact) mass is 226 g/mol. The van der Waals surface area contributed by atoms with Crippen LogP contribution >= 0.6 is 11.8 Å². The standard InChI is InChI=1S/C8H6F4OS/c1-13-8(11,12)14-7-3-5(9)2-6(10)4-7/h2-4H,1H3. The van der Waals surface area contributed by atoms with Gasteiger partial charge in [-0.2, -0.15) is 8.78 Å². The van der Waals surface area contributed by atoms with Gasteiger partial charge in [0.1, 0.15) is 11.6 Å². The molecule has 78 valence electrons. The molecule has 0 amide bonds. The van der Waals surface area contributed by atoms with Gasteiger partial charge in [0.05, 0.1) is 0 Å². The number of methoxy groups -OCH3 is 1. The lowest BCUT2D eigenvalue weighted by molar-refractivity contribution is -0.140. The van der Waals surface area contributed by atoms with Gasteiger partial charge in [-0.3, -0.25) is 0 Å². The summed E-state index contributed by atoms with van der Waals surface area (Å²) < 4.78 is 54.1. The van der Waals surface area contributed by atoms with E-state index in [1.807, 2.05) is 0 Å². The Bertz CT molecular complexity index is 309. The van der Waals surface area contributed by atoms with E-state index in [2.05, 4.69) is 4.74 Å². The van der Waals surface area contributed by atoms with Crippen LogP contribution in [0.5, 0.6) is 0 Å². The smallest absolute Gasteiger partial charge is 0.315 e. The average Bonchev–Trinajstić information content (AvgIpc) is 2.01. The molecule has 1 aromatic rings. The van der Waals surface area contributed by atoms with Crippen molar-refractivity contribution in [3.63, 3.8) is 0 Å². The maximum absolute atomic E-state index is 12.6. The van der Waals surface area contributed by atoms with Gasteiger partial charge in [-0.05, 0) is 23.9 Å². The molecule has 0 saturated heterocycles. The minimum Gasteiger partial charge on any atom is -0.315 e. The highest BCUT2D eigenvalue weighted by Crippen LogP contribution is 2.36. The molecule has 0 aliphatic rings. The minimum absolute atomic E-state index is 0.0613. The van der Waals surface area contributed by atoms with Crippen LogP contribution in [-0.2, 0) is 4.74 Å². The normalized spacial score (nSPS) is 11.8. The molecule has 0 N–H and O–H groups in total. The molecule has 0 unspecified atom stereocenters. The first kappa shape index (κ1) is 11.3. The van der Waals surface area contributed by atoms with Gasteiger partial charge >= 0.3 is 5.44 Å². The Labute approximate surface area is 82.1 Å². The molecule has 0 aliphatic heterocycles. The first-order valence-corrected chi connectivity index (χ1v) is 4.33. The van der Waals surface area contributed by atoms with E-state index in [0.29, 0.717) is 6.07 Å². The van der Waals surface area contributed by atoms with Gasteiger partial charge < -0.3 is 4.74 Å². The zero-order chi connectivity index (χ0) is 10.8. The van der Waals surface area contributed by atoms with E-state index in [1.165, 1.54) is 0 Å². The second-order valence-electron chi connectivity index (χ2n) is 2.37. The third kappa shape index (κ3) is 3.19. The van der Waals surface area contributed by atoms with Crippen LogP contribution in [0.2, 0.25) is 0 Å². The summed E-state index contributed by atoms with van der Waals surface area (Å²) >= 11 is -0.0613. The highest BCUT2D eigenvalue weighted by molar-refractivity contribution is 8.00. The summed E-state index contributed by atoms with van der Waals surface area (Å²) in [6.07, 6.45) is 0. The topological polar surface area (TPSA) is 9.23 Å². The number of halogens is 4. The lowest BCUT2D eigenvalue weighted by Gasteiger charge is -2.12. The molecule has 1 aromatic carbocycles. The maximum atomic E-state index is 12.6. The van der Waals surface area contributed by atoms with Gasteiger partial charge in [0.15, 0.2) is 0 Å². The van der Waals surface area contributed by atoms with Crippen molar-refractivity contribution >= 4 is 11.8 Å². The van der Waals surface area contributed by atoms with Crippen LogP contribution in [0.15, 0.2) is 23.1 Å². The van der Waals surface area contributed by atoms with Gasteiger partial charge in [0.2, 0.25) is 0 Å². The molecule has 0 heterocycles. The maximum Gasteiger partial charge on any atom is 0.412 e. The van der Waals surface area contributed by atoms with E-state index in [-0.39, 0.29) is 16.7 Å². The molecule has 0 aromatic heterocycles. The van der Waals surface area contributed by atoms with Crippen LogP contribution in [0.25, 0.3) is 0 Å². The summed E-state index contributed by atoms with van der Waals surface area (Å²) in [5.74, 6) is -1.81. The number of hydrogen-bond acceptors (Lipinski definition) is 2. The van der Waals surface area contributed by atoms with Crippen molar-refractivity contribution in [2.24, 2.45) is 0 Å². The van der Waals surface area contributed by atoms with Crippen LogP contribution in [0.3, 0.4) is 0 Å². The first-order chi connectivity index (χ1) is 6.43. The molecule has 0 aliphatic carbocycles. The molecule has 0 spiro atoms. The van der Waals surface area contributed by atoms with Crippen LogP contribution in [0.4, 0.5) is 17.6 Å². The SMILES string of the molecule is COC(F)(F)Sc1cc(F)cc(F)c1. The summed E-state index contributed by atoms with van der Waals surface area (Å²) in [4.78, 5) is -0.227. The molecule has 0 fully saturated rings. The van der Waals surface area contributed by atoms with E-state index < -0.39 is 17.1 Å². The number of benzene rings is 1. The quantitative estimate of drug-likeness (QED) is 0.444. The molecular weight excluding hydrogens is 220 g/mol. The Morgan fingerprint density at radius 1 is 1.14 bits per heavy atom. The summed E-state index contributed by atoms with van der Waals surface area (Å²) in [5, 5.41) is 0. The minimum atomic E-state index is -3.49. The largest absolute Gasteiger partial charge is 0.412 e. The molecule has 1 nitrogen and oxygen atoms in total. The van der Waals surface area contributed by atoms with Gasteiger partial charge in [-0.15, -0.1) is 0 Å². The highest BCUT2D eigenvalue weighted by Gasteiger charge is 2.30. The first-order valence-electron chi connectivity index (χ1n) is 3.51. The fourth-order valence-electron chi connectivity index (χ4n) is 0.766. The van der Waals surface area contributed by atoms with Crippen molar-refractivity contribution in [3.8, 4) is 0 Å². The van der Waals surface area contributed by atoms with Crippen molar-refractivity contribution in [2.75, 3.05) is 7.11 Å². The van der Waals surface area contributed by atoms with Gasteiger partial charge in [0.25, 0.3) is 0 Å². The van der Waals surface area contributed by atoms with Crippen molar-refractivity contribution in [1.29, 1.82) is 0 Å². The number of hydrogen-bond donors (Lipinski definition) is 0. The van der Waals surface area contributed by atoms with Crippen LogP contribution in [0, 0.1) is 11.6 Å². The molecule has 1 rings (SSSR count). The van der Waals surface area contributed by atoms with Crippen LogP contribution in [-0.4, -0.2) is 12.6 Å². The average molecular weight is 226 g/mol. The Morgan fingerprint density at radius 3 is 2.07 bits per heavy atom. The summed E-state index contributed by atoms with van der Waals surface area (Å²) in [6, 6.07) is 2.22. The Kier molecular flexibility index (Phi) is 3.38. The van der Waals surface area contributed by atoms with Crippen LogP contribution in [0.1, 0.15) is 0 Å². The van der Waals surface area contributed by atoms with Crippen molar-refractivity contribution in [2.45, 2.75) is 10.3 Å². The number of thioether (sulfide) groups is 1. The Morgan fingerprint density at radius 2 is 1.64 bits per heavy atom. The van der Waals surface area contributed by atoms with E-state index in [0.717, 1.165) is 19.2 Å². The molecule has 14 heavy (non-hydrogen) atoms. The summed E-state index contributed by atoms with van der Waals surface area (Å²) in [7, 11) is 0.808. The summed E-state index contributed by atoms with van der Waals surface area (Å²) in [5.41, 5.74) is -3.49. The third-order valence-corrected chi connectivity index (χ3v) is 2.19. The number of alkyl halides is 2. The molecule has 0 radical (unpaired) electrons. The fraction of sp³-hybridized carbons (Fsp3) is 0.250. The zero-order valence-electron chi connectivity index (χ0n) is 7.06. The van der Waals surface area contributed by atoms with Crippen molar-refractivity contribution < 1.29 is 22.3 Å². The lowest BCUT2D eigenvalue weighted by Crippen LogP contribution is -2.12. The lowest BCUT2D eigenvalue weighted by atomic mass is 10.3. The van der Waals surface area contributed by atoms with Crippen molar-refractivity contribution in [3.05, 3.63) is 29.8 Å². The predicted octanol–water partition coefficient (Wildman–Crippen LogP) is 3.25. The predicted molar refractivity (Wildman–Crippen MR) is 44.2 cm³/mol. The molecule has 0 saturated carbocycles. The molecule has 0 bridgehead atoms. The van der Waals surface area contributed by atoms with E-state index in [1.54, 1.807) is 0 Å².